The van der Waals surface area contributed by atoms with E-state index in [2.05, 4.69) is 50.3 Å². The number of carboxylic acid groups (broad SMARTS) is 1. The number of unbranched alkanes of at least 4 members (excludes halogenated alkanes) is 22. The zero-order chi connectivity index (χ0) is 43.2. The van der Waals surface area contributed by atoms with Crippen molar-refractivity contribution >= 4 is 17.9 Å². The lowest BCUT2D eigenvalue weighted by molar-refractivity contribution is -0.298. The van der Waals surface area contributed by atoms with Crippen LogP contribution in [0.5, 0.6) is 0 Å². The Hall–Kier alpha value is -2.57. The smallest absolute Gasteiger partial charge is 0.335 e. The van der Waals surface area contributed by atoms with Gasteiger partial charge in [0.15, 0.2) is 18.5 Å². The molecule has 0 aliphatic carbocycles. The fraction of sp³-hybridized carbons (Fsp3) is 0.812. The Bertz CT molecular complexity index is 1120. The predicted octanol–water partition coefficient (Wildman–Crippen LogP) is 10.4. The van der Waals surface area contributed by atoms with Crippen LogP contribution in [0.1, 0.15) is 200 Å². The molecule has 0 aromatic rings. The fourth-order valence-corrected chi connectivity index (χ4v) is 6.96. The molecule has 1 rings (SSSR count). The van der Waals surface area contributed by atoms with Crippen molar-refractivity contribution in [3.8, 4) is 0 Å². The molecular weight excluding hydrogens is 753 g/mol. The standard InChI is InChI=1S/C48H84O11/c1-3-5-7-9-11-13-15-17-19-20-21-22-23-25-26-28-30-32-34-36-41(49)56-38-40(39-57-48-45(53)43(51)44(52)46(59-48)47(54)55)58-42(50)37-35-33-31-29-27-24-18-16-14-12-10-8-6-4-2/h11,13,16-19,40,43-46,48,51-53H,3-10,12,14-15,20-39H2,1-2H3,(H,54,55)/b13-11-,18-16-,19-17-. The maximum absolute atomic E-state index is 12.8. The summed E-state index contributed by atoms with van der Waals surface area (Å²) in [5.41, 5.74) is 0. The van der Waals surface area contributed by atoms with E-state index in [0.717, 1.165) is 70.6 Å². The minimum Gasteiger partial charge on any atom is -0.479 e. The summed E-state index contributed by atoms with van der Waals surface area (Å²) < 4.78 is 21.7. The zero-order valence-corrected chi connectivity index (χ0v) is 37.0. The van der Waals surface area contributed by atoms with Crippen LogP contribution >= 0.6 is 0 Å². The van der Waals surface area contributed by atoms with Crippen LogP contribution in [-0.4, -0.2) is 88.4 Å². The van der Waals surface area contributed by atoms with Gasteiger partial charge in [-0.2, -0.15) is 0 Å². The molecule has 59 heavy (non-hydrogen) atoms. The van der Waals surface area contributed by atoms with E-state index in [1.807, 2.05) is 0 Å². The summed E-state index contributed by atoms with van der Waals surface area (Å²) in [7, 11) is 0. The molecule has 0 radical (unpaired) electrons. The summed E-state index contributed by atoms with van der Waals surface area (Å²) >= 11 is 0. The van der Waals surface area contributed by atoms with E-state index in [1.54, 1.807) is 0 Å². The molecule has 1 fully saturated rings. The van der Waals surface area contributed by atoms with Crippen LogP contribution in [0, 0.1) is 0 Å². The minimum atomic E-state index is -1.86. The third-order valence-electron chi connectivity index (χ3n) is 10.7. The van der Waals surface area contributed by atoms with Crippen molar-refractivity contribution in [3.63, 3.8) is 0 Å². The highest BCUT2D eigenvalue weighted by Gasteiger charge is 2.47. The van der Waals surface area contributed by atoms with Crippen LogP contribution in [-0.2, 0) is 33.3 Å². The number of esters is 2. The molecule has 11 nitrogen and oxygen atoms in total. The minimum absolute atomic E-state index is 0.172. The van der Waals surface area contributed by atoms with Gasteiger partial charge in [0.1, 0.15) is 24.9 Å². The van der Waals surface area contributed by atoms with Crippen LogP contribution in [0.3, 0.4) is 0 Å². The van der Waals surface area contributed by atoms with E-state index in [9.17, 15) is 34.8 Å². The summed E-state index contributed by atoms with van der Waals surface area (Å²) in [4.78, 5) is 36.9. The van der Waals surface area contributed by atoms with Gasteiger partial charge in [0, 0.05) is 12.8 Å². The molecule has 1 saturated heterocycles. The molecule has 1 aliphatic rings. The normalized spacial score (nSPS) is 20.2. The number of allylic oxidation sites excluding steroid dienone is 6. The molecule has 0 spiro atoms. The Morgan fingerprint density at radius 3 is 1.46 bits per heavy atom. The Labute approximate surface area is 357 Å². The van der Waals surface area contributed by atoms with Gasteiger partial charge in [0.05, 0.1) is 6.61 Å². The van der Waals surface area contributed by atoms with E-state index >= 15 is 0 Å². The van der Waals surface area contributed by atoms with Gasteiger partial charge in [-0.05, 0) is 70.6 Å². The molecule has 0 saturated carbocycles. The third-order valence-corrected chi connectivity index (χ3v) is 10.7. The number of aliphatic carboxylic acids is 1. The summed E-state index contributed by atoms with van der Waals surface area (Å²) in [5, 5.41) is 39.8. The highest BCUT2D eigenvalue weighted by Crippen LogP contribution is 2.23. The first kappa shape index (κ1) is 54.4. The Kier molecular flexibility index (Phi) is 35.4. The Morgan fingerprint density at radius 2 is 0.949 bits per heavy atom. The lowest BCUT2D eigenvalue weighted by atomic mass is 9.99. The topological polar surface area (TPSA) is 169 Å². The molecule has 0 aromatic carbocycles. The van der Waals surface area contributed by atoms with Crippen molar-refractivity contribution in [2.24, 2.45) is 0 Å². The second-order valence-corrected chi connectivity index (χ2v) is 16.2. The highest BCUT2D eigenvalue weighted by molar-refractivity contribution is 5.73. The summed E-state index contributed by atoms with van der Waals surface area (Å²) in [6.45, 7) is 3.77. The molecule has 1 aliphatic heterocycles. The van der Waals surface area contributed by atoms with Gasteiger partial charge < -0.3 is 39.4 Å². The van der Waals surface area contributed by atoms with Gasteiger partial charge in [0.2, 0.25) is 0 Å². The second-order valence-electron chi connectivity index (χ2n) is 16.2. The van der Waals surface area contributed by atoms with Gasteiger partial charge in [-0.3, -0.25) is 9.59 Å². The number of rotatable bonds is 39. The van der Waals surface area contributed by atoms with Crippen molar-refractivity contribution < 1.29 is 53.8 Å². The number of carbonyl (C=O) groups excluding carboxylic acids is 2. The van der Waals surface area contributed by atoms with E-state index in [1.165, 1.54) is 89.9 Å². The average Bonchev–Trinajstić information content (AvgIpc) is 3.22. The summed E-state index contributed by atoms with van der Waals surface area (Å²) in [6, 6.07) is 0. The summed E-state index contributed by atoms with van der Waals surface area (Å²) in [6.07, 6.45) is 34.8. The average molecular weight is 837 g/mol. The number of hydrogen-bond donors (Lipinski definition) is 4. The molecule has 342 valence electrons. The first-order valence-electron chi connectivity index (χ1n) is 23.5. The first-order chi connectivity index (χ1) is 28.7. The molecule has 0 amide bonds. The van der Waals surface area contributed by atoms with Crippen molar-refractivity contribution in [1.29, 1.82) is 0 Å². The van der Waals surface area contributed by atoms with Crippen LogP contribution in [0.15, 0.2) is 36.5 Å². The van der Waals surface area contributed by atoms with Crippen LogP contribution < -0.4 is 0 Å². The SMILES string of the molecule is CCCCC/C=C\C/C=C\CCCCCCCCCCCC(=O)OCC(COC1OC(C(=O)O)C(O)C(O)C1O)OC(=O)CCCCCCC/C=C\CCCCCCC. The van der Waals surface area contributed by atoms with Crippen molar-refractivity contribution in [3.05, 3.63) is 36.5 Å². The number of hydrogen-bond acceptors (Lipinski definition) is 10. The van der Waals surface area contributed by atoms with Gasteiger partial charge in [-0.15, -0.1) is 0 Å². The molecule has 0 bridgehead atoms. The van der Waals surface area contributed by atoms with Crippen molar-refractivity contribution in [2.45, 2.75) is 237 Å². The quantitative estimate of drug-likeness (QED) is 0.0264. The van der Waals surface area contributed by atoms with E-state index in [-0.39, 0.29) is 19.4 Å². The third kappa shape index (κ3) is 30.2. The molecule has 4 N–H and O–H groups in total. The number of aliphatic hydroxyl groups is 3. The van der Waals surface area contributed by atoms with Crippen LogP contribution in [0.2, 0.25) is 0 Å². The maximum atomic E-state index is 12.8. The van der Waals surface area contributed by atoms with Gasteiger partial charge in [-0.1, -0.05) is 153 Å². The molecule has 11 heteroatoms. The van der Waals surface area contributed by atoms with Gasteiger partial charge >= 0.3 is 17.9 Å². The monoisotopic (exact) mass is 837 g/mol. The fourth-order valence-electron chi connectivity index (χ4n) is 6.96. The van der Waals surface area contributed by atoms with Crippen molar-refractivity contribution in [2.75, 3.05) is 13.2 Å². The largest absolute Gasteiger partial charge is 0.479 e. The number of carboxylic acids is 1. The lowest BCUT2D eigenvalue weighted by Crippen LogP contribution is -2.60. The first-order valence-corrected chi connectivity index (χ1v) is 23.5. The van der Waals surface area contributed by atoms with E-state index in [0.29, 0.717) is 12.8 Å². The number of aliphatic hydroxyl groups excluding tert-OH is 3. The second kappa shape index (κ2) is 38.4. The van der Waals surface area contributed by atoms with Crippen LogP contribution in [0.4, 0.5) is 0 Å². The maximum Gasteiger partial charge on any atom is 0.335 e. The zero-order valence-electron chi connectivity index (χ0n) is 37.0. The predicted molar refractivity (Wildman–Crippen MR) is 234 cm³/mol. The van der Waals surface area contributed by atoms with Crippen molar-refractivity contribution in [1.82, 2.24) is 0 Å². The molecule has 6 unspecified atom stereocenters. The molecule has 1 heterocycles. The highest BCUT2D eigenvalue weighted by atomic mass is 16.7. The van der Waals surface area contributed by atoms with Crippen LogP contribution in [0.25, 0.3) is 0 Å². The Morgan fingerprint density at radius 1 is 0.525 bits per heavy atom. The van der Waals surface area contributed by atoms with E-state index in [4.69, 9.17) is 18.9 Å². The molecule has 0 aromatic heterocycles. The molecular formula is C48H84O11. The Balaban J connectivity index is 2.34. The van der Waals surface area contributed by atoms with Gasteiger partial charge in [0.25, 0.3) is 0 Å². The lowest BCUT2D eigenvalue weighted by Gasteiger charge is -2.38. The molecule has 6 atom stereocenters. The number of carbonyl (C=O) groups is 3. The van der Waals surface area contributed by atoms with E-state index < -0.39 is 61.3 Å². The number of ether oxygens (including phenoxy) is 4. The summed E-state index contributed by atoms with van der Waals surface area (Å²) in [5.74, 6) is -2.46. The van der Waals surface area contributed by atoms with Gasteiger partial charge in [-0.25, -0.2) is 4.79 Å².